The zero-order valence-electron chi connectivity index (χ0n) is 12.4. The highest BCUT2D eigenvalue weighted by atomic mass is 32.2. The van der Waals surface area contributed by atoms with Crippen molar-refractivity contribution in [2.75, 3.05) is 24.8 Å². The Bertz CT molecular complexity index is 428. The fourth-order valence-corrected chi connectivity index (χ4v) is 2.72. The van der Waals surface area contributed by atoms with Crippen LogP contribution in [-0.4, -0.2) is 35.9 Å². The van der Waals surface area contributed by atoms with Crippen LogP contribution in [0.5, 0.6) is 0 Å². The highest BCUT2D eigenvalue weighted by Crippen LogP contribution is 2.27. The molecule has 0 saturated heterocycles. The highest BCUT2D eigenvalue weighted by molar-refractivity contribution is 7.98. The van der Waals surface area contributed by atoms with E-state index in [-0.39, 0.29) is 11.9 Å². The van der Waals surface area contributed by atoms with Gasteiger partial charge in [-0.3, -0.25) is 4.79 Å². The molecular formula is C15H24N2OS. The average Bonchev–Trinajstić information content (AvgIpc) is 2.37. The van der Waals surface area contributed by atoms with Crippen LogP contribution < -0.4 is 5.73 Å². The van der Waals surface area contributed by atoms with E-state index < -0.39 is 5.41 Å². The molecule has 0 aliphatic heterocycles. The van der Waals surface area contributed by atoms with Crippen LogP contribution in [0.25, 0.3) is 0 Å². The monoisotopic (exact) mass is 280 g/mol. The minimum Gasteiger partial charge on any atom is -0.399 e. The van der Waals surface area contributed by atoms with Crippen molar-refractivity contribution in [2.45, 2.75) is 32.2 Å². The summed E-state index contributed by atoms with van der Waals surface area (Å²) in [5, 5.41) is 0. The van der Waals surface area contributed by atoms with Crippen molar-refractivity contribution >= 4 is 23.4 Å². The Hall–Kier alpha value is -1.16. The first-order valence-electron chi connectivity index (χ1n) is 6.43. The van der Waals surface area contributed by atoms with Crippen LogP contribution in [0.1, 0.15) is 26.3 Å². The normalized spacial score (nSPS) is 13.1. The van der Waals surface area contributed by atoms with Crippen molar-refractivity contribution < 1.29 is 4.79 Å². The fourth-order valence-electron chi connectivity index (χ4n) is 2.02. The Labute approximate surface area is 120 Å². The molecule has 2 N–H and O–H groups in total. The van der Waals surface area contributed by atoms with Crippen LogP contribution >= 0.6 is 11.8 Å². The molecule has 1 amide bonds. The molecule has 106 valence electrons. The number of hydrogen-bond donors (Lipinski definition) is 1. The summed E-state index contributed by atoms with van der Waals surface area (Å²) >= 11 is 1.75. The first kappa shape index (κ1) is 15.9. The molecule has 19 heavy (non-hydrogen) atoms. The lowest BCUT2D eigenvalue weighted by molar-refractivity contribution is -0.136. The number of anilines is 1. The van der Waals surface area contributed by atoms with Crippen LogP contribution in [-0.2, 0) is 10.2 Å². The van der Waals surface area contributed by atoms with Gasteiger partial charge in [-0.25, -0.2) is 0 Å². The lowest BCUT2D eigenvalue weighted by Gasteiger charge is -2.33. The predicted octanol–water partition coefficient (Wildman–Crippen LogP) is 2.76. The Balaban J connectivity index is 2.92. The van der Waals surface area contributed by atoms with Gasteiger partial charge in [0, 0.05) is 24.5 Å². The molecule has 4 heteroatoms. The van der Waals surface area contributed by atoms with Crippen molar-refractivity contribution in [1.29, 1.82) is 0 Å². The summed E-state index contributed by atoms with van der Waals surface area (Å²) in [4.78, 5) is 14.5. The molecule has 0 aromatic heterocycles. The maximum atomic E-state index is 12.7. The molecule has 1 atom stereocenters. The molecule has 1 unspecified atom stereocenters. The Kier molecular flexibility index (Phi) is 5.29. The summed E-state index contributed by atoms with van der Waals surface area (Å²) in [6.45, 7) is 6.00. The minimum absolute atomic E-state index is 0.138. The quantitative estimate of drug-likeness (QED) is 0.844. The Morgan fingerprint density at radius 1 is 1.37 bits per heavy atom. The van der Waals surface area contributed by atoms with Crippen molar-refractivity contribution in [3.05, 3.63) is 29.8 Å². The smallest absolute Gasteiger partial charge is 0.232 e. The number of likely N-dealkylation sites (N-methyl/N-ethyl adjacent to an activating group) is 1. The number of carbonyl (C=O) groups excluding carboxylic acids is 1. The van der Waals surface area contributed by atoms with Gasteiger partial charge in [-0.2, -0.15) is 11.8 Å². The predicted molar refractivity (Wildman–Crippen MR) is 84.5 cm³/mol. The number of benzene rings is 1. The van der Waals surface area contributed by atoms with Gasteiger partial charge in [-0.05, 0) is 44.7 Å². The molecule has 0 aliphatic rings. The summed E-state index contributed by atoms with van der Waals surface area (Å²) in [5.41, 5.74) is 6.88. The number of nitrogens with zero attached hydrogens (tertiary/aromatic N) is 1. The molecular weight excluding hydrogens is 256 g/mol. The maximum Gasteiger partial charge on any atom is 0.232 e. The molecule has 1 aromatic carbocycles. The Morgan fingerprint density at radius 3 is 2.37 bits per heavy atom. The van der Waals surface area contributed by atoms with E-state index in [2.05, 4.69) is 13.2 Å². The molecule has 1 aromatic rings. The zero-order chi connectivity index (χ0) is 14.6. The number of nitrogen functional groups attached to an aromatic ring is 1. The van der Waals surface area contributed by atoms with Crippen LogP contribution in [0.2, 0.25) is 0 Å². The minimum atomic E-state index is -0.533. The molecule has 3 nitrogen and oxygen atoms in total. The lowest BCUT2D eigenvalue weighted by atomic mass is 9.83. The van der Waals surface area contributed by atoms with Crippen molar-refractivity contribution in [2.24, 2.45) is 0 Å². The number of amides is 1. The molecule has 0 fully saturated rings. The standard InChI is InChI=1S/C15H24N2OS/c1-11(10-19-5)17(4)14(18)15(2,3)12-6-8-13(16)9-7-12/h6-9,11H,10,16H2,1-5H3. The van der Waals surface area contributed by atoms with Gasteiger partial charge in [0.25, 0.3) is 0 Å². The molecule has 0 aliphatic carbocycles. The van der Waals surface area contributed by atoms with E-state index >= 15 is 0 Å². The van der Waals surface area contributed by atoms with Crippen LogP contribution in [0.3, 0.4) is 0 Å². The number of hydrogen-bond acceptors (Lipinski definition) is 3. The van der Waals surface area contributed by atoms with E-state index in [1.165, 1.54) is 0 Å². The van der Waals surface area contributed by atoms with Crippen molar-refractivity contribution in [1.82, 2.24) is 4.90 Å². The van der Waals surface area contributed by atoms with Gasteiger partial charge in [0.1, 0.15) is 0 Å². The Morgan fingerprint density at radius 2 is 1.89 bits per heavy atom. The fraction of sp³-hybridized carbons (Fsp3) is 0.533. The van der Waals surface area contributed by atoms with Crippen molar-refractivity contribution in [3.63, 3.8) is 0 Å². The number of nitrogens with two attached hydrogens (primary N) is 1. The third-order valence-electron chi connectivity index (χ3n) is 3.56. The summed E-state index contributed by atoms with van der Waals surface area (Å²) in [6.07, 6.45) is 2.06. The second-order valence-corrected chi connectivity index (χ2v) is 6.38. The van der Waals surface area contributed by atoms with Crippen LogP contribution in [0, 0.1) is 0 Å². The van der Waals surface area contributed by atoms with E-state index in [0.717, 1.165) is 17.0 Å². The topological polar surface area (TPSA) is 46.3 Å². The summed E-state index contributed by atoms with van der Waals surface area (Å²) < 4.78 is 0. The van der Waals surface area contributed by atoms with E-state index in [1.54, 1.807) is 11.8 Å². The van der Waals surface area contributed by atoms with E-state index in [0.29, 0.717) is 0 Å². The van der Waals surface area contributed by atoms with Crippen LogP contribution in [0.15, 0.2) is 24.3 Å². The second-order valence-electron chi connectivity index (χ2n) is 5.47. The highest BCUT2D eigenvalue weighted by Gasteiger charge is 2.33. The summed E-state index contributed by atoms with van der Waals surface area (Å²) in [5.74, 6) is 1.08. The number of carbonyl (C=O) groups is 1. The van der Waals surface area contributed by atoms with Crippen molar-refractivity contribution in [3.8, 4) is 0 Å². The van der Waals surface area contributed by atoms with Gasteiger partial charge in [-0.15, -0.1) is 0 Å². The zero-order valence-corrected chi connectivity index (χ0v) is 13.3. The number of thioether (sulfide) groups is 1. The first-order valence-corrected chi connectivity index (χ1v) is 7.82. The number of rotatable bonds is 5. The third-order valence-corrected chi connectivity index (χ3v) is 4.37. The molecule has 1 rings (SSSR count). The van der Waals surface area contributed by atoms with Gasteiger partial charge in [0.2, 0.25) is 5.91 Å². The molecule has 0 radical (unpaired) electrons. The van der Waals surface area contributed by atoms with Crippen LogP contribution in [0.4, 0.5) is 5.69 Å². The molecule has 0 heterocycles. The first-order chi connectivity index (χ1) is 8.80. The molecule has 0 saturated carbocycles. The second kappa shape index (κ2) is 6.33. The third kappa shape index (κ3) is 3.66. The van der Waals surface area contributed by atoms with Gasteiger partial charge in [0.15, 0.2) is 0 Å². The SMILES string of the molecule is CSCC(C)N(C)C(=O)C(C)(C)c1ccc(N)cc1. The van der Waals surface area contributed by atoms with E-state index in [4.69, 9.17) is 5.73 Å². The summed E-state index contributed by atoms with van der Waals surface area (Å²) in [7, 11) is 1.88. The van der Waals surface area contributed by atoms with E-state index in [1.807, 2.05) is 50.1 Å². The van der Waals surface area contributed by atoms with E-state index in [9.17, 15) is 4.79 Å². The maximum absolute atomic E-state index is 12.7. The molecule has 0 bridgehead atoms. The summed E-state index contributed by atoms with van der Waals surface area (Å²) in [6, 6.07) is 7.78. The largest absolute Gasteiger partial charge is 0.399 e. The average molecular weight is 280 g/mol. The van der Waals surface area contributed by atoms with Gasteiger partial charge < -0.3 is 10.6 Å². The lowest BCUT2D eigenvalue weighted by Crippen LogP contribution is -2.46. The molecule has 0 spiro atoms. The van der Waals surface area contributed by atoms with Gasteiger partial charge in [-0.1, -0.05) is 12.1 Å². The van der Waals surface area contributed by atoms with Gasteiger partial charge >= 0.3 is 0 Å². The van der Waals surface area contributed by atoms with Gasteiger partial charge in [0.05, 0.1) is 5.41 Å².